The molecule has 1 saturated heterocycles. The van der Waals surface area contributed by atoms with Gasteiger partial charge in [-0.15, -0.1) is 0 Å². The van der Waals surface area contributed by atoms with Crippen LogP contribution in [0.1, 0.15) is 40.5 Å². The lowest BCUT2D eigenvalue weighted by Crippen LogP contribution is -2.48. The smallest absolute Gasteiger partial charge is 0.224 e. The summed E-state index contributed by atoms with van der Waals surface area (Å²) in [6.45, 7) is 12.4. The van der Waals surface area contributed by atoms with Crippen molar-refractivity contribution in [1.29, 1.82) is 0 Å². The van der Waals surface area contributed by atoms with Crippen molar-refractivity contribution in [3.63, 3.8) is 0 Å². The van der Waals surface area contributed by atoms with Gasteiger partial charge in [-0.05, 0) is 39.8 Å². The molecule has 2 N–H and O–H groups in total. The molecule has 106 valence electrons. The highest BCUT2D eigenvalue weighted by molar-refractivity contribution is 5.79. The zero-order valence-electron chi connectivity index (χ0n) is 12.3. The summed E-state index contributed by atoms with van der Waals surface area (Å²) in [4.78, 5) is 14.4. The number of rotatable bonds is 6. The minimum Gasteiger partial charge on any atom is -0.352 e. The van der Waals surface area contributed by atoms with Gasteiger partial charge in [-0.25, -0.2) is 0 Å². The molecule has 1 aliphatic rings. The molecule has 0 aromatic carbocycles. The first-order chi connectivity index (χ1) is 8.56. The maximum atomic E-state index is 12.1. The molecular formula is C14H29N3O. The predicted octanol–water partition coefficient (Wildman–Crippen LogP) is 1.22. The molecule has 4 nitrogen and oxygen atoms in total. The Morgan fingerprint density at radius 1 is 1.39 bits per heavy atom. The van der Waals surface area contributed by atoms with Crippen LogP contribution in [-0.4, -0.2) is 49.1 Å². The second-order valence-electron chi connectivity index (χ2n) is 5.48. The molecule has 0 aromatic heterocycles. The van der Waals surface area contributed by atoms with Gasteiger partial charge >= 0.3 is 0 Å². The Balaban J connectivity index is 2.30. The Kier molecular flexibility index (Phi) is 6.65. The fourth-order valence-electron chi connectivity index (χ4n) is 2.50. The molecule has 3 atom stereocenters. The molecule has 1 fully saturated rings. The quantitative estimate of drug-likeness (QED) is 0.750. The van der Waals surface area contributed by atoms with Crippen LogP contribution < -0.4 is 10.6 Å². The number of amides is 1. The van der Waals surface area contributed by atoms with Crippen molar-refractivity contribution in [3.8, 4) is 0 Å². The first kappa shape index (κ1) is 15.4. The van der Waals surface area contributed by atoms with E-state index < -0.39 is 0 Å². The average molecular weight is 255 g/mol. The van der Waals surface area contributed by atoms with Gasteiger partial charge < -0.3 is 15.5 Å². The van der Waals surface area contributed by atoms with E-state index in [1.54, 1.807) is 0 Å². The molecule has 0 radical (unpaired) electrons. The van der Waals surface area contributed by atoms with E-state index >= 15 is 0 Å². The van der Waals surface area contributed by atoms with Crippen molar-refractivity contribution >= 4 is 5.91 Å². The van der Waals surface area contributed by atoms with Crippen molar-refractivity contribution in [2.24, 2.45) is 5.92 Å². The number of carbonyl (C=O) groups excluding carboxylic acids is 1. The number of piperidine rings is 1. The monoisotopic (exact) mass is 255 g/mol. The summed E-state index contributed by atoms with van der Waals surface area (Å²) < 4.78 is 0. The predicted molar refractivity (Wildman–Crippen MR) is 75.6 cm³/mol. The van der Waals surface area contributed by atoms with Gasteiger partial charge in [0.1, 0.15) is 0 Å². The Bertz CT molecular complexity index is 245. The number of likely N-dealkylation sites (N-methyl/N-ethyl adjacent to an activating group) is 1. The molecule has 1 rings (SSSR count). The SMILES string of the molecule is CCN(CC)CC(C)NC(=O)C1CCC(C)NC1. The summed E-state index contributed by atoms with van der Waals surface area (Å²) >= 11 is 0. The van der Waals surface area contributed by atoms with Gasteiger partial charge in [-0.3, -0.25) is 4.79 Å². The van der Waals surface area contributed by atoms with E-state index in [9.17, 15) is 4.79 Å². The van der Waals surface area contributed by atoms with Crippen LogP contribution in [0.5, 0.6) is 0 Å². The third-order valence-corrected chi connectivity index (χ3v) is 3.85. The fraction of sp³-hybridized carbons (Fsp3) is 0.929. The van der Waals surface area contributed by atoms with E-state index in [2.05, 4.69) is 43.2 Å². The zero-order chi connectivity index (χ0) is 13.5. The van der Waals surface area contributed by atoms with E-state index in [0.717, 1.165) is 39.0 Å². The Hall–Kier alpha value is -0.610. The first-order valence-electron chi connectivity index (χ1n) is 7.32. The van der Waals surface area contributed by atoms with Crippen molar-refractivity contribution in [2.45, 2.75) is 52.6 Å². The maximum Gasteiger partial charge on any atom is 0.224 e. The lowest BCUT2D eigenvalue weighted by atomic mass is 9.94. The van der Waals surface area contributed by atoms with Crippen LogP contribution in [0, 0.1) is 5.92 Å². The van der Waals surface area contributed by atoms with Gasteiger partial charge in [0, 0.05) is 25.2 Å². The van der Waals surface area contributed by atoms with E-state index in [0.29, 0.717) is 6.04 Å². The molecule has 18 heavy (non-hydrogen) atoms. The second-order valence-corrected chi connectivity index (χ2v) is 5.48. The van der Waals surface area contributed by atoms with Gasteiger partial charge in [-0.2, -0.15) is 0 Å². The highest BCUT2D eigenvalue weighted by atomic mass is 16.2. The minimum absolute atomic E-state index is 0.153. The van der Waals surface area contributed by atoms with E-state index in [1.165, 1.54) is 0 Å². The van der Waals surface area contributed by atoms with E-state index in [4.69, 9.17) is 0 Å². The van der Waals surface area contributed by atoms with Crippen molar-refractivity contribution in [3.05, 3.63) is 0 Å². The third kappa shape index (κ3) is 4.94. The molecule has 1 heterocycles. The van der Waals surface area contributed by atoms with Crippen LogP contribution >= 0.6 is 0 Å². The maximum absolute atomic E-state index is 12.1. The molecular weight excluding hydrogens is 226 g/mol. The number of hydrogen-bond donors (Lipinski definition) is 2. The number of hydrogen-bond acceptors (Lipinski definition) is 3. The summed E-state index contributed by atoms with van der Waals surface area (Å²) in [5.74, 6) is 0.370. The van der Waals surface area contributed by atoms with Gasteiger partial charge in [0.15, 0.2) is 0 Å². The molecule has 0 aliphatic carbocycles. The Labute approximate surface area is 111 Å². The van der Waals surface area contributed by atoms with E-state index in [1.807, 2.05) is 0 Å². The largest absolute Gasteiger partial charge is 0.352 e. The average Bonchev–Trinajstić information content (AvgIpc) is 2.36. The van der Waals surface area contributed by atoms with Crippen LogP contribution in [0.25, 0.3) is 0 Å². The highest BCUT2D eigenvalue weighted by Gasteiger charge is 2.24. The molecule has 0 aromatic rings. The summed E-state index contributed by atoms with van der Waals surface area (Å²) in [7, 11) is 0. The highest BCUT2D eigenvalue weighted by Crippen LogP contribution is 2.14. The second kappa shape index (κ2) is 7.74. The van der Waals surface area contributed by atoms with Gasteiger partial charge in [0.2, 0.25) is 5.91 Å². The first-order valence-corrected chi connectivity index (χ1v) is 7.32. The normalized spacial score (nSPS) is 26.1. The third-order valence-electron chi connectivity index (χ3n) is 3.85. The van der Waals surface area contributed by atoms with Gasteiger partial charge in [-0.1, -0.05) is 13.8 Å². The molecule has 0 spiro atoms. The number of carbonyl (C=O) groups is 1. The number of nitrogens with zero attached hydrogens (tertiary/aromatic N) is 1. The van der Waals surface area contributed by atoms with Crippen molar-refractivity contribution < 1.29 is 4.79 Å². The fourth-order valence-corrected chi connectivity index (χ4v) is 2.50. The molecule has 4 heteroatoms. The van der Waals surface area contributed by atoms with Crippen molar-refractivity contribution in [2.75, 3.05) is 26.2 Å². The summed E-state index contributed by atoms with van der Waals surface area (Å²) in [5, 5.41) is 6.52. The number of nitrogens with one attached hydrogen (secondary N) is 2. The molecule has 0 bridgehead atoms. The Morgan fingerprint density at radius 3 is 2.56 bits per heavy atom. The van der Waals surface area contributed by atoms with E-state index in [-0.39, 0.29) is 17.9 Å². The lowest BCUT2D eigenvalue weighted by Gasteiger charge is -2.29. The molecule has 1 amide bonds. The Morgan fingerprint density at radius 2 is 2.06 bits per heavy atom. The molecule has 1 aliphatic heterocycles. The van der Waals surface area contributed by atoms with Crippen LogP contribution in [-0.2, 0) is 4.79 Å². The van der Waals surface area contributed by atoms with Crippen LogP contribution in [0.3, 0.4) is 0 Å². The summed E-state index contributed by atoms with van der Waals surface area (Å²) in [6, 6.07) is 0.791. The molecule has 3 unspecified atom stereocenters. The van der Waals surface area contributed by atoms with Crippen LogP contribution in [0.4, 0.5) is 0 Å². The molecule has 0 saturated carbocycles. The summed E-state index contributed by atoms with van der Waals surface area (Å²) in [5.41, 5.74) is 0. The zero-order valence-corrected chi connectivity index (χ0v) is 12.3. The minimum atomic E-state index is 0.153. The van der Waals surface area contributed by atoms with Gasteiger partial charge in [0.05, 0.1) is 5.92 Å². The standard InChI is InChI=1S/C14H29N3O/c1-5-17(6-2)10-12(4)16-14(18)13-8-7-11(3)15-9-13/h11-13,15H,5-10H2,1-4H3,(H,16,18). The van der Waals surface area contributed by atoms with Crippen molar-refractivity contribution in [1.82, 2.24) is 15.5 Å². The summed E-state index contributed by atoms with van der Waals surface area (Å²) in [6.07, 6.45) is 2.11. The van der Waals surface area contributed by atoms with Crippen LogP contribution in [0.2, 0.25) is 0 Å². The lowest BCUT2D eigenvalue weighted by molar-refractivity contribution is -0.126. The van der Waals surface area contributed by atoms with Crippen LogP contribution in [0.15, 0.2) is 0 Å². The van der Waals surface area contributed by atoms with Gasteiger partial charge in [0.25, 0.3) is 0 Å². The topological polar surface area (TPSA) is 44.4 Å².